The molecule has 0 bridgehead atoms. The zero-order chi connectivity index (χ0) is 22.2. The molecule has 31 heavy (non-hydrogen) atoms. The second-order valence-corrected chi connectivity index (χ2v) is 7.35. The first kappa shape index (κ1) is 27.2. The predicted molar refractivity (Wildman–Crippen MR) is 85.8 cm³/mol. The number of aliphatic hydroxyl groups excluding tert-OH is 7. The number of carboxylic acids is 1. The number of carboxylic acid groups (broad SMARTS) is 1. The molecule has 0 aromatic rings. The van der Waals surface area contributed by atoms with Gasteiger partial charge in [0.1, 0.15) is 48.8 Å². The number of aliphatic hydroxyl groups is 7. The molecule has 3 fully saturated rings. The van der Waals surface area contributed by atoms with Crippen molar-refractivity contribution < 1.29 is 98.9 Å². The van der Waals surface area contributed by atoms with E-state index in [1.807, 2.05) is 0 Å². The van der Waals surface area contributed by atoms with Gasteiger partial charge in [-0.25, -0.2) is 0 Å². The van der Waals surface area contributed by atoms with Crippen LogP contribution in [0.15, 0.2) is 0 Å². The Morgan fingerprint density at radius 1 is 0.806 bits per heavy atom. The van der Waals surface area contributed by atoms with Crippen molar-refractivity contribution in [1.82, 2.24) is 0 Å². The monoisotopic (exact) mass is 464 g/mol. The first-order chi connectivity index (χ1) is 14.1. The molecule has 3 saturated heterocycles. The van der Waals surface area contributed by atoms with Gasteiger partial charge < -0.3 is 69.3 Å². The van der Waals surface area contributed by atoms with Crippen LogP contribution in [0.5, 0.6) is 0 Å². The molecule has 0 saturated carbocycles. The van der Waals surface area contributed by atoms with Crippen molar-refractivity contribution in [2.75, 3.05) is 13.2 Å². The number of carbonyl (C=O) groups excluding carboxylic acids is 1. The minimum Gasteiger partial charge on any atom is -0.547 e. The summed E-state index contributed by atoms with van der Waals surface area (Å²) < 4.78 is 25.8. The van der Waals surface area contributed by atoms with Crippen LogP contribution in [0, 0.1) is 0 Å². The van der Waals surface area contributed by atoms with Crippen molar-refractivity contribution in [3.8, 4) is 0 Å². The van der Waals surface area contributed by atoms with E-state index in [4.69, 9.17) is 23.7 Å². The van der Waals surface area contributed by atoms with Gasteiger partial charge in [0.25, 0.3) is 0 Å². The van der Waals surface area contributed by atoms with Gasteiger partial charge >= 0.3 is 29.6 Å². The molecule has 3 rings (SSSR count). The zero-order valence-electron chi connectivity index (χ0n) is 16.5. The molecule has 3 aliphatic rings. The molecular formula is C16H25NaO14. The molecule has 15 heteroatoms. The van der Waals surface area contributed by atoms with Gasteiger partial charge in [0.2, 0.25) is 0 Å². The van der Waals surface area contributed by atoms with E-state index in [9.17, 15) is 45.6 Å². The van der Waals surface area contributed by atoms with Crippen molar-refractivity contribution in [2.24, 2.45) is 0 Å². The second kappa shape index (κ2) is 11.4. The molecule has 7 N–H and O–H groups in total. The summed E-state index contributed by atoms with van der Waals surface area (Å²) in [5, 5.41) is 80.5. The average Bonchev–Trinajstić information content (AvgIpc) is 2.70. The van der Waals surface area contributed by atoms with Crippen LogP contribution >= 0.6 is 0 Å². The fourth-order valence-electron chi connectivity index (χ4n) is 3.36. The molecule has 14 nitrogen and oxygen atoms in total. The van der Waals surface area contributed by atoms with Crippen LogP contribution in [0.3, 0.4) is 0 Å². The Morgan fingerprint density at radius 2 is 1.48 bits per heavy atom. The third-order valence-electron chi connectivity index (χ3n) is 5.17. The Bertz CT molecular complexity index is 597. The maximum absolute atomic E-state index is 11.0. The number of hydrogen-bond donors (Lipinski definition) is 7. The van der Waals surface area contributed by atoms with Crippen LogP contribution in [0.4, 0.5) is 0 Å². The second-order valence-electron chi connectivity index (χ2n) is 7.35. The van der Waals surface area contributed by atoms with Gasteiger partial charge in [0.05, 0.1) is 25.3 Å². The smallest absolute Gasteiger partial charge is 0.547 e. The quantitative estimate of drug-likeness (QED) is 0.188. The Kier molecular flexibility index (Phi) is 10.0. The summed E-state index contributed by atoms with van der Waals surface area (Å²) in [7, 11) is 0. The van der Waals surface area contributed by atoms with E-state index in [-0.39, 0.29) is 42.8 Å². The molecule has 0 aromatic carbocycles. The molecule has 0 amide bonds. The summed E-state index contributed by atoms with van der Waals surface area (Å²) in [5.74, 6) is -1.65. The first-order valence-electron chi connectivity index (χ1n) is 9.27. The molecule has 0 aromatic heterocycles. The largest absolute Gasteiger partial charge is 1.00 e. The molecule has 0 aliphatic carbocycles. The predicted octanol–water partition coefficient (Wildman–Crippen LogP) is -9.50. The van der Waals surface area contributed by atoms with E-state index in [0.717, 1.165) is 0 Å². The topological polar surface area (TPSA) is 228 Å². The molecule has 0 unspecified atom stereocenters. The summed E-state index contributed by atoms with van der Waals surface area (Å²) >= 11 is 0. The van der Waals surface area contributed by atoms with E-state index in [1.165, 1.54) is 0 Å². The van der Waals surface area contributed by atoms with Crippen LogP contribution < -0.4 is 34.7 Å². The fraction of sp³-hybridized carbons (Fsp3) is 0.938. The van der Waals surface area contributed by atoms with E-state index < -0.39 is 86.2 Å². The van der Waals surface area contributed by atoms with E-state index in [0.29, 0.717) is 0 Å². The third kappa shape index (κ3) is 6.11. The van der Waals surface area contributed by atoms with Crippen molar-refractivity contribution >= 4 is 5.97 Å². The molecular weight excluding hydrogens is 439 g/mol. The molecule has 12 atom stereocenters. The van der Waals surface area contributed by atoms with Crippen LogP contribution in [-0.2, 0) is 28.5 Å². The Labute approximate surface area is 198 Å². The first-order valence-corrected chi connectivity index (χ1v) is 9.27. The molecule has 0 spiro atoms. The van der Waals surface area contributed by atoms with E-state index in [1.54, 1.807) is 0 Å². The zero-order valence-corrected chi connectivity index (χ0v) is 18.5. The van der Waals surface area contributed by atoms with Gasteiger partial charge in [-0.2, -0.15) is 0 Å². The van der Waals surface area contributed by atoms with Crippen LogP contribution in [-0.4, -0.2) is 129 Å². The van der Waals surface area contributed by atoms with Crippen LogP contribution in [0.25, 0.3) is 0 Å². The maximum Gasteiger partial charge on any atom is 1.00 e. The molecule has 3 aliphatic heterocycles. The number of ether oxygens (including phenoxy) is 5. The summed E-state index contributed by atoms with van der Waals surface area (Å²) in [6.45, 7) is -0.731. The van der Waals surface area contributed by atoms with Crippen molar-refractivity contribution in [2.45, 2.75) is 80.2 Å². The average molecular weight is 464 g/mol. The Morgan fingerprint density at radius 3 is 2.13 bits per heavy atom. The summed E-state index contributed by atoms with van der Waals surface area (Å²) in [6, 6.07) is 0. The molecule has 0 radical (unpaired) electrons. The number of carbonyl (C=O) groups is 1. The maximum atomic E-state index is 11.0. The van der Waals surface area contributed by atoms with Gasteiger partial charge in [-0.15, -0.1) is 0 Å². The van der Waals surface area contributed by atoms with Crippen LogP contribution in [0.1, 0.15) is 6.42 Å². The third-order valence-corrected chi connectivity index (χ3v) is 5.17. The van der Waals surface area contributed by atoms with Gasteiger partial charge in [-0.1, -0.05) is 0 Å². The Balaban J connectivity index is 0.00000341. The SMILES string of the molecule is O=C([O-])[C@@H]1C[C@H](O)[C@@H](O)[C@@H](O[C@@H]2[C@@H](O)[C@H](O[C@@H]3OC[C@@H](O)[C@H](O)[C@H]3O)CO[C@H]2O)O1.[Na+]. The number of aliphatic carboxylic acids is 1. The molecule has 174 valence electrons. The van der Waals surface area contributed by atoms with Gasteiger partial charge in [-0.05, 0) is 0 Å². The standard InChI is InChI=1S/C16H26O14.Na/c17-4-1-6(13(23)24)28-16(9(4)20)30-12-10(21)7(3-26-14(12)25)29-15-11(22)8(19)5(18)2-27-15;/h4-12,14-22,25H,1-3H2,(H,23,24);/q;+1/p-1/t4-,5+,6-,7+,8-,9+,10-,11+,12+,14+,15-,16+;/m0./s1. The summed E-state index contributed by atoms with van der Waals surface area (Å²) in [6.07, 6.45) is -19.3. The summed E-state index contributed by atoms with van der Waals surface area (Å²) in [5.41, 5.74) is 0. The van der Waals surface area contributed by atoms with Gasteiger partial charge in [0.15, 0.2) is 18.9 Å². The van der Waals surface area contributed by atoms with Gasteiger partial charge in [0, 0.05) is 6.42 Å². The minimum absolute atomic E-state index is 0. The van der Waals surface area contributed by atoms with E-state index >= 15 is 0 Å². The summed E-state index contributed by atoms with van der Waals surface area (Å²) in [4.78, 5) is 11.0. The Hall–Kier alpha value is -0.0100. The van der Waals surface area contributed by atoms with Crippen molar-refractivity contribution in [1.29, 1.82) is 0 Å². The number of rotatable bonds is 5. The molecule has 3 heterocycles. The van der Waals surface area contributed by atoms with Crippen LogP contribution in [0.2, 0.25) is 0 Å². The number of hydrogen-bond acceptors (Lipinski definition) is 14. The van der Waals surface area contributed by atoms with E-state index in [2.05, 4.69) is 0 Å². The van der Waals surface area contributed by atoms with Crippen molar-refractivity contribution in [3.05, 3.63) is 0 Å². The fourth-order valence-corrected chi connectivity index (χ4v) is 3.36. The van der Waals surface area contributed by atoms with Crippen molar-refractivity contribution in [3.63, 3.8) is 0 Å². The minimum atomic E-state index is -1.75. The normalized spacial score (nSPS) is 48.6. The van der Waals surface area contributed by atoms with Gasteiger partial charge in [-0.3, -0.25) is 0 Å².